The Morgan fingerprint density at radius 3 is 2.42 bits per heavy atom. The normalized spacial score (nSPS) is 16.5. The Morgan fingerprint density at radius 1 is 1.12 bits per heavy atom. The van der Waals surface area contributed by atoms with Crippen molar-refractivity contribution in [2.24, 2.45) is 0 Å². The van der Waals surface area contributed by atoms with Gasteiger partial charge in [0.25, 0.3) is 0 Å². The van der Waals surface area contributed by atoms with Crippen LogP contribution >= 0.6 is 0 Å². The second-order valence-electron chi connectivity index (χ2n) is 5.20. The minimum atomic E-state index is -0.384. The molecule has 2 rings (SSSR count). The van der Waals surface area contributed by atoms with Crippen molar-refractivity contribution in [2.75, 3.05) is 33.0 Å². The maximum absolute atomic E-state index is 11.3. The number of carbonyl (C=O) groups excluding carboxylic acids is 2. The second kappa shape index (κ2) is 12.5. The fraction of sp³-hybridized carbons (Fsp3) is 0.556. The number of ether oxygens (including phenoxy) is 4. The molecule has 0 aliphatic carbocycles. The highest BCUT2D eigenvalue weighted by atomic mass is 16.6. The molecular weight excluding hydrogens is 312 g/mol. The van der Waals surface area contributed by atoms with Crippen molar-refractivity contribution in [3.63, 3.8) is 0 Å². The summed E-state index contributed by atoms with van der Waals surface area (Å²) in [6, 6.07) is 10.3. The van der Waals surface area contributed by atoms with Gasteiger partial charge in [0.05, 0.1) is 45.4 Å². The Balaban J connectivity index is 0.000000341. The monoisotopic (exact) mass is 338 g/mol. The highest BCUT2D eigenvalue weighted by Crippen LogP contribution is 2.06. The van der Waals surface area contributed by atoms with E-state index in [1.807, 2.05) is 18.2 Å². The number of aryl methyl sites for hydroxylation is 1. The number of carbonyl (C=O) groups is 2. The molecule has 1 heterocycles. The predicted molar refractivity (Wildman–Crippen MR) is 88.6 cm³/mol. The molecule has 0 N–H and O–H groups in total. The molecule has 0 saturated carbocycles. The Bertz CT molecular complexity index is 468. The van der Waals surface area contributed by atoms with Gasteiger partial charge in [-0.05, 0) is 13.8 Å². The molecule has 0 aromatic heterocycles. The van der Waals surface area contributed by atoms with Crippen LogP contribution in [-0.2, 0) is 28.5 Å². The number of hydrogen-bond acceptors (Lipinski definition) is 6. The zero-order chi connectivity index (χ0) is 17.6. The van der Waals surface area contributed by atoms with E-state index < -0.39 is 0 Å². The Morgan fingerprint density at radius 2 is 1.88 bits per heavy atom. The largest absolute Gasteiger partial charge is 0.466 e. The van der Waals surface area contributed by atoms with Crippen molar-refractivity contribution in [2.45, 2.75) is 32.8 Å². The van der Waals surface area contributed by atoms with E-state index in [0.717, 1.165) is 0 Å². The molecular formula is C18H26O6. The Kier molecular flexibility index (Phi) is 10.5. The van der Waals surface area contributed by atoms with E-state index >= 15 is 0 Å². The molecule has 1 unspecified atom stereocenters. The molecule has 1 fully saturated rings. The van der Waals surface area contributed by atoms with Gasteiger partial charge in [0.15, 0.2) is 0 Å². The third-order valence-electron chi connectivity index (χ3n) is 3.09. The second-order valence-corrected chi connectivity index (χ2v) is 5.20. The van der Waals surface area contributed by atoms with Crippen molar-refractivity contribution in [3.8, 4) is 0 Å². The number of esters is 2. The third-order valence-corrected chi connectivity index (χ3v) is 3.09. The highest BCUT2D eigenvalue weighted by Gasteiger charge is 2.19. The molecule has 1 aliphatic heterocycles. The van der Waals surface area contributed by atoms with Gasteiger partial charge in [-0.25, -0.2) is 0 Å². The third kappa shape index (κ3) is 9.97. The van der Waals surface area contributed by atoms with E-state index in [2.05, 4.69) is 19.1 Å². The Labute approximate surface area is 143 Å². The lowest BCUT2D eigenvalue weighted by Crippen LogP contribution is -2.31. The first-order valence-electron chi connectivity index (χ1n) is 8.14. The SMILES string of the molecule is CCOC(=O)CCOC(=O)CC1COCCO1.Cc1ccccc1. The maximum Gasteiger partial charge on any atom is 0.309 e. The van der Waals surface area contributed by atoms with Crippen LogP contribution in [0.15, 0.2) is 30.3 Å². The molecule has 6 nitrogen and oxygen atoms in total. The van der Waals surface area contributed by atoms with Crippen molar-refractivity contribution < 1.29 is 28.5 Å². The first-order valence-corrected chi connectivity index (χ1v) is 8.14. The summed E-state index contributed by atoms with van der Waals surface area (Å²) in [5.74, 6) is -0.748. The lowest BCUT2D eigenvalue weighted by Gasteiger charge is -2.21. The van der Waals surface area contributed by atoms with Gasteiger partial charge in [0, 0.05) is 0 Å². The lowest BCUT2D eigenvalue weighted by molar-refractivity contribution is -0.154. The van der Waals surface area contributed by atoms with Gasteiger partial charge in [-0.15, -0.1) is 0 Å². The Hall–Kier alpha value is -1.92. The lowest BCUT2D eigenvalue weighted by atomic mass is 10.2. The smallest absolute Gasteiger partial charge is 0.309 e. The summed E-state index contributed by atoms with van der Waals surface area (Å²) in [6.07, 6.45) is 0.00332. The van der Waals surface area contributed by atoms with Gasteiger partial charge in [0.1, 0.15) is 6.61 Å². The summed E-state index contributed by atoms with van der Waals surface area (Å²) in [7, 11) is 0. The molecule has 1 saturated heterocycles. The molecule has 134 valence electrons. The summed E-state index contributed by atoms with van der Waals surface area (Å²) in [5, 5.41) is 0. The topological polar surface area (TPSA) is 71.1 Å². The number of hydrogen-bond donors (Lipinski definition) is 0. The molecule has 1 aromatic rings. The van der Waals surface area contributed by atoms with Crippen LogP contribution < -0.4 is 0 Å². The molecule has 1 aliphatic rings. The summed E-state index contributed by atoms with van der Waals surface area (Å²) in [5.41, 5.74) is 1.32. The fourth-order valence-electron chi connectivity index (χ4n) is 1.91. The zero-order valence-corrected chi connectivity index (χ0v) is 14.4. The van der Waals surface area contributed by atoms with E-state index in [9.17, 15) is 9.59 Å². The van der Waals surface area contributed by atoms with Gasteiger partial charge in [0.2, 0.25) is 0 Å². The van der Waals surface area contributed by atoms with E-state index in [4.69, 9.17) is 18.9 Å². The van der Waals surface area contributed by atoms with Crippen LogP contribution in [0.4, 0.5) is 0 Å². The molecule has 1 aromatic carbocycles. The first kappa shape index (κ1) is 20.1. The summed E-state index contributed by atoms with van der Waals surface area (Å²) in [6.45, 7) is 5.66. The minimum Gasteiger partial charge on any atom is -0.466 e. The van der Waals surface area contributed by atoms with Crippen molar-refractivity contribution in [1.29, 1.82) is 0 Å². The molecule has 0 spiro atoms. The van der Waals surface area contributed by atoms with E-state index in [-0.39, 0.29) is 37.5 Å². The quantitative estimate of drug-likeness (QED) is 0.741. The first-order chi connectivity index (χ1) is 11.6. The van der Waals surface area contributed by atoms with Crippen LogP contribution in [-0.4, -0.2) is 51.1 Å². The van der Waals surface area contributed by atoms with Crippen molar-refractivity contribution in [1.82, 2.24) is 0 Å². The van der Waals surface area contributed by atoms with E-state index in [1.165, 1.54) is 5.56 Å². The average molecular weight is 338 g/mol. The molecule has 0 bridgehead atoms. The van der Waals surface area contributed by atoms with Crippen molar-refractivity contribution in [3.05, 3.63) is 35.9 Å². The van der Waals surface area contributed by atoms with Crippen LogP contribution in [0.3, 0.4) is 0 Å². The maximum atomic E-state index is 11.3. The van der Waals surface area contributed by atoms with Gasteiger partial charge in [-0.1, -0.05) is 35.9 Å². The molecule has 1 atom stereocenters. The van der Waals surface area contributed by atoms with Gasteiger partial charge in [-0.2, -0.15) is 0 Å². The number of benzene rings is 1. The van der Waals surface area contributed by atoms with Crippen LogP contribution in [0.2, 0.25) is 0 Å². The van der Waals surface area contributed by atoms with Crippen molar-refractivity contribution >= 4 is 11.9 Å². The number of rotatable bonds is 6. The van der Waals surface area contributed by atoms with Crippen LogP contribution in [0, 0.1) is 6.92 Å². The molecule has 0 radical (unpaired) electrons. The molecule has 6 heteroatoms. The average Bonchev–Trinajstić information content (AvgIpc) is 2.57. The zero-order valence-electron chi connectivity index (χ0n) is 14.4. The van der Waals surface area contributed by atoms with E-state index in [0.29, 0.717) is 26.4 Å². The van der Waals surface area contributed by atoms with E-state index in [1.54, 1.807) is 6.92 Å². The van der Waals surface area contributed by atoms with Gasteiger partial charge >= 0.3 is 11.9 Å². The van der Waals surface area contributed by atoms with Crippen LogP contribution in [0.1, 0.15) is 25.3 Å². The van der Waals surface area contributed by atoms with Crippen LogP contribution in [0.5, 0.6) is 0 Å². The van der Waals surface area contributed by atoms with Gasteiger partial charge in [-0.3, -0.25) is 9.59 Å². The minimum absolute atomic E-state index is 0.0469. The van der Waals surface area contributed by atoms with Gasteiger partial charge < -0.3 is 18.9 Å². The summed E-state index contributed by atoms with van der Waals surface area (Å²) in [4.78, 5) is 22.3. The predicted octanol–water partition coefficient (Wildman–Crippen LogP) is 2.28. The summed E-state index contributed by atoms with van der Waals surface area (Å²) < 4.78 is 20.0. The standard InChI is InChI=1S/C11H18O6.C7H8/c1-2-15-10(12)3-4-17-11(13)7-9-8-14-5-6-16-9;1-7-5-3-2-4-6-7/h9H,2-8H2,1H3;2-6H,1H3. The molecule has 24 heavy (non-hydrogen) atoms. The molecule has 0 amide bonds. The fourth-order valence-corrected chi connectivity index (χ4v) is 1.91. The summed E-state index contributed by atoms with van der Waals surface area (Å²) >= 11 is 0. The van der Waals surface area contributed by atoms with Crippen LogP contribution in [0.25, 0.3) is 0 Å². The highest BCUT2D eigenvalue weighted by molar-refractivity contribution is 5.72.